The maximum absolute atomic E-state index is 12.6. The van der Waals surface area contributed by atoms with Gasteiger partial charge in [0, 0.05) is 18.8 Å². The Labute approximate surface area is 165 Å². The highest BCUT2D eigenvalue weighted by atomic mass is 32.2. The summed E-state index contributed by atoms with van der Waals surface area (Å²) in [5.74, 6) is 0.142. The van der Waals surface area contributed by atoms with E-state index in [1.807, 2.05) is 31.2 Å². The molecule has 0 aromatic heterocycles. The lowest BCUT2D eigenvalue weighted by atomic mass is 10.2. The molecule has 150 valence electrons. The van der Waals surface area contributed by atoms with Crippen LogP contribution in [-0.2, 0) is 19.6 Å². The summed E-state index contributed by atoms with van der Waals surface area (Å²) in [7, 11) is -3.55. The van der Waals surface area contributed by atoms with Crippen LogP contribution >= 0.6 is 0 Å². The summed E-state index contributed by atoms with van der Waals surface area (Å²) in [5.41, 5.74) is 1.75. The van der Waals surface area contributed by atoms with E-state index in [9.17, 15) is 13.2 Å². The first-order chi connectivity index (χ1) is 13.4. The van der Waals surface area contributed by atoms with E-state index in [0.717, 1.165) is 5.56 Å². The second-order valence-electron chi connectivity index (χ2n) is 6.61. The molecule has 0 bridgehead atoms. The van der Waals surface area contributed by atoms with Gasteiger partial charge in [-0.1, -0.05) is 12.1 Å². The Hall–Kier alpha value is -2.42. The normalized spacial score (nSPS) is 16.4. The summed E-state index contributed by atoms with van der Waals surface area (Å²) >= 11 is 0. The summed E-state index contributed by atoms with van der Waals surface area (Å²) in [6, 6.07) is 13.6. The molecular weight excluding hydrogens is 380 g/mol. The Kier molecular flexibility index (Phi) is 6.33. The molecule has 0 aliphatic carbocycles. The fourth-order valence-electron chi connectivity index (χ4n) is 2.85. The standard InChI is InChI=1S/C20H24N2O5S/c1-15-4-3-5-17(14-15)21-20(23)16(2)27-18-6-8-19(9-7-18)28(24,25)22-10-12-26-13-11-22/h3-9,14,16H,10-13H2,1-2H3,(H,21,23)/t16-/m1/s1. The number of nitrogens with one attached hydrogen (secondary N) is 1. The number of anilines is 1. The van der Waals surface area contributed by atoms with E-state index < -0.39 is 16.1 Å². The van der Waals surface area contributed by atoms with E-state index in [1.165, 1.54) is 16.4 Å². The van der Waals surface area contributed by atoms with Crippen molar-refractivity contribution in [3.63, 3.8) is 0 Å². The lowest BCUT2D eigenvalue weighted by molar-refractivity contribution is -0.122. The first-order valence-corrected chi connectivity index (χ1v) is 10.5. The molecule has 1 fully saturated rings. The molecule has 1 saturated heterocycles. The second-order valence-corrected chi connectivity index (χ2v) is 8.54. The van der Waals surface area contributed by atoms with Crippen molar-refractivity contribution in [2.24, 2.45) is 0 Å². The monoisotopic (exact) mass is 404 g/mol. The third kappa shape index (κ3) is 4.89. The van der Waals surface area contributed by atoms with Gasteiger partial charge >= 0.3 is 0 Å². The van der Waals surface area contributed by atoms with Gasteiger partial charge in [0.2, 0.25) is 10.0 Å². The minimum absolute atomic E-state index is 0.193. The number of carbonyl (C=O) groups excluding carboxylic acids is 1. The van der Waals surface area contributed by atoms with Gasteiger partial charge in [-0.05, 0) is 55.8 Å². The van der Waals surface area contributed by atoms with Crippen LogP contribution in [0.3, 0.4) is 0 Å². The van der Waals surface area contributed by atoms with Crippen LogP contribution in [0.25, 0.3) is 0 Å². The maximum Gasteiger partial charge on any atom is 0.265 e. The number of carbonyl (C=O) groups is 1. The van der Waals surface area contributed by atoms with Crippen molar-refractivity contribution in [2.75, 3.05) is 31.6 Å². The van der Waals surface area contributed by atoms with Crippen LogP contribution in [0, 0.1) is 6.92 Å². The average molecular weight is 404 g/mol. The Bertz CT molecular complexity index is 922. The molecule has 0 radical (unpaired) electrons. The zero-order valence-electron chi connectivity index (χ0n) is 15.9. The minimum atomic E-state index is -3.55. The van der Waals surface area contributed by atoms with Gasteiger partial charge in [0.05, 0.1) is 18.1 Å². The quantitative estimate of drug-likeness (QED) is 0.799. The molecule has 28 heavy (non-hydrogen) atoms. The van der Waals surface area contributed by atoms with Crippen molar-refractivity contribution < 1.29 is 22.7 Å². The molecule has 1 heterocycles. The van der Waals surface area contributed by atoms with Crippen LogP contribution in [0.5, 0.6) is 5.75 Å². The molecule has 1 aliphatic rings. The minimum Gasteiger partial charge on any atom is -0.481 e. The van der Waals surface area contributed by atoms with Crippen LogP contribution in [-0.4, -0.2) is 51.0 Å². The predicted molar refractivity (Wildman–Crippen MR) is 106 cm³/mol. The fraction of sp³-hybridized carbons (Fsp3) is 0.350. The van der Waals surface area contributed by atoms with Gasteiger partial charge in [-0.3, -0.25) is 4.79 Å². The van der Waals surface area contributed by atoms with Crippen molar-refractivity contribution in [2.45, 2.75) is 24.8 Å². The number of nitrogens with zero attached hydrogens (tertiary/aromatic N) is 1. The molecule has 2 aromatic rings. The van der Waals surface area contributed by atoms with Crippen LogP contribution in [0.15, 0.2) is 53.4 Å². The first-order valence-electron chi connectivity index (χ1n) is 9.08. The van der Waals surface area contributed by atoms with E-state index in [0.29, 0.717) is 37.7 Å². The van der Waals surface area contributed by atoms with Gasteiger partial charge in [0.25, 0.3) is 5.91 Å². The highest BCUT2D eigenvalue weighted by molar-refractivity contribution is 7.89. The predicted octanol–water partition coefficient (Wildman–Crippen LogP) is 2.42. The molecule has 8 heteroatoms. The van der Waals surface area contributed by atoms with Gasteiger partial charge in [-0.25, -0.2) is 8.42 Å². The van der Waals surface area contributed by atoms with Gasteiger partial charge in [0.15, 0.2) is 6.10 Å². The van der Waals surface area contributed by atoms with Crippen molar-refractivity contribution in [1.82, 2.24) is 4.31 Å². The van der Waals surface area contributed by atoms with Crippen molar-refractivity contribution in [3.8, 4) is 5.75 Å². The Morgan fingerprint density at radius 3 is 2.46 bits per heavy atom. The topological polar surface area (TPSA) is 84.9 Å². The van der Waals surface area contributed by atoms with E-state index in [-0.39, 0.29) is 10.8 Å². The number of benzene rings is 2. The van der Waals surface area contributed by atoms with Crippen LogP contribution in [0.2, 0.25) is 0 Å². The Morgan fingerprint density at radius 2 is 1.82 bits per heavy atom. The number of ether oxygens (including phenoxy) is 2. The summed E-state index contributed by atoms with van der Waals surface area (Å²) < 4.78 is 37.5. The lowest BCUT2D eigenvalue weighted by Crippen LogP contribution is -2.40. The van der Waals surface area contributed by atoms with Crippen molar-refractivity contribution in [3.05, 3.63) is 54.1 Å². The number of hydrogen-bond acceptors (Lipinski definition) is 5. The highest BCUT2D eigenvalue weighted by Gasteiger charge is 2.26. The summed E-state index contributed by atoms with van der Waals surface area (Å²) in [6.07, 6.45) is -0.734. The van der Waals surface area contributed by atoms with E-state index in [2.05, 4.69) is 5.32 Å². The Morgan fingerprint density at radius 1 is 1.14 bits per heavy atom. The molecule has 1 N–H and O–H groups in total. The molecule has 2 aromatic carbocycles. The second kappa shape index (κ2) is 8.72. The van der Waals surface area contributed by atoms with Crippen molar-refractivity contribution in [1.29, 1.82) is 0 Å². The molecule has 0 saturated carbocycles. The maximum atomic E-state index is 12.6. The number of aryl methyl sites for hydroxylation is 1. The molecule has 1 aliphatic heterocycles. The Balaban J connectivity index is 1.62. The summed E-state index contributed by atoms with van der Waals surface area (Å²) in [4.78, 5) is 12.5. The largest absolute Gasteiger partial charge is 0.481 e. The average Bonchev–Trinajstić information content (AvgIpc) is 2.69. The number of sulfonamides is 1. The highest BCUT2D eigenvalue weighted by Crippen LogP contribution is 2.21. The lowest BCUT2D eigenvalue weighted by Gasteiger charge is -2.26. The van der Waals surface area contributed by atoms with Crippen LogP contribution in [0.1, 0.15) is 12.5 Å². The molecule has 7 nitrogen and oxygen atoms in total. The zero-order valence-corrected chi connectivity index (χ0v) is 16.7. The number of hydrogen-bond donors (Lipinski definition) is 1. The zero-order chi connectivity index (χ0) is 20.1. The molecule has 0 unspecified atom stereocenters. The third-order valence-electron chi connectivity index (χ3n) is 4.40. The molecule has 0 spiro atoms. The number of morpholine rings is 1. The smallest absolute Gasteiger partial charge is 0.265 e. The van der Waals surface area contributed by atoms with Gasteiger partial charge in [0.1, 0.15) is 5.75 Å². The number of rotatable bonds is 6. The molecule has 1 atom stereocenters. The van der Waals surface area contributed by atoms with E-state index >= 15 is 0 Å². The van der Waals surface area contributed by atoms with Crippen LogP contribution < -0.4 is 10.1 Å². The fourth-order valence-corrected chi connectivity index (χ4v) is 4.26. The van der Waals surface area contributed by atoms with Gasteiger partial charge in [-0.2, -0.15) is 4.31 Å². The summed E-state index contributed by atoms with van der Waals surface area (Å²) in [6.45, 7) is 5.07. The van der Waals surface area contributed by atoms with Gasteiger partial charge < -0.3 is 14.8 Å². The first kappa shape index (κ1) is 20.3. The molecule has 1 amide bonds. The van der Waals surface area contributed by atoms with E-state index in [1.54, 1.807) is 19.1 Å². The summed E-state index contributed by atoms with van der Waals surface area (Å²) in [5, 5.41) is 2.80. The van der Waals surface area contributed by atoms with E-state index in [4.69, 9.17) is 9.47 Å². The third-order valence-corrected chi connectivity index (χ3v) is 6.31. The van der Waals surface area contributed by atoms with Crippen molar-refractivity contribution >= 4 is 21.6 Å². The van der Waals surface area contributed by atoms with Crippen LogP contribution in [0.4, 0.5) is 5.69 Å². The van der Waals surface area contributed by atoms with Gasteiger partial charge in [-0.15, -0.1) is 0 Å². The number of amides is 1. The molecular formula is C20H24N2O5S. The molecule has 3 rings (SSSR count). The SMILES string of the molecule is Cc1cccc(NC(=O)[C@@H](C)Oc2ccc(S(=O)(=O)N3CCOCC3)cc2)c1.